The molecule has 2 aromatic carbocycles. The summed E-state index contributed by atoms with van der Waals surface area (Å²) in [6, 6.07) is 9.08. The number of aliphatic carboxylic acids is 1. The molecule has 2 aromatic rings. The first-order chi connectivity index (χ1) is 18.7. The molecular formula is C26H31F3N4O6S. The van der Waals surface area contributed by atoms with E-state index in [0.717, 1.165) is 27.6 Å². The number of carbonyl (C=O) groups is 3. The number of hydrogen-bond acceptors (Lipinski definition) is 6. The molecule has 0 aromatic heterocycles. The fraction of sp³-hybridized carbons (Fsp3) is 0.423. The van der Waals surface area contributed by atoms with Crippen molar-refractivity contribution in [2.24, 2.45) is 0 Å². The lowest BCUT2D eigenvalue weighted by Crippen LogP contribution is -2.62. The topological polar surface area (TPSA) is 136 Å². The van der Waals surface area contributed by atoms with Gasteiger partial charge in [-0.25, -0.2) is 8.42 Å². The number of hydrogen-bond donors (Lipinski definition) is 3. The van der Waals surface area contributed by atoms with Gasteiger partial charge in [0.15, 0.2) is 0 Å². The number of rotatable bonds is 10. The molecule has 40 heavy (non-hydrogen) atoms. The van der Waals surface area contributed by atoms with Crippen molar-refractivity contribution < 1.29 is 41.1 Å². The van der Waals surface area contributed by atoms with Crippen LogP contribution in [0.25, 0.3) is 0 Å². The molecule has 0 bridgehead atoms. The second kappa shape index (κ2) is 12.8. The molecule has 0 spiro atoms. The molecule has 2 amide bonds. The number of halogens is 3. The number of carboxylic acid groups (broad SMARTS) is 1. The minimum absolute atomic E-state index is 0.0794. The third-order valence-electron chi connectivity index (χ3n) is 6.44. The van der Waals surface area contributed by atoms with Gasteiger partial charge in [0.2, 0.25) is 21.8 Å². The van der Waals surface area contributed by atoms with Crippen LogP contribution < -0.4 is 10.6 Å². The third kappa shape index (κ3) is 7.79. The average Bonchev–Trinajstić information content (AvgIpc) is 2.90. The molecule has 1 aliphatic rings. The molecule has 1 atom stereocenters. The fourth-order valence-corrected chi connectivity index (χ4v) is 5.73. The number of carboxylic acids is 1. The van der Waals surface area contributed by atoms with E-state index in [-0.39, 0.29) is 32.7 Å². The van der Waals surface area contributed by atoms with Crippen LogP contribution in [0, 0.1) is 0 Å². The minimum atomic E-state index is -4.65. The predicted octanol–water partition coefficient (Wildman–Crippen LogP) is 2.02. The quantitative estimate of drug-likeness (QED) is 0.389. The number of piperazine rings is 1. The van der Waals surface area contributed by atoms with Crippen LogP contribution in [0.4, 0.5) is 13.2 Å². The number of alkyl halides is 3. The normalized spacial score (nSPS) is 16.6. The van der Waals surface area contributed by atoms with Gasteiger partial charge in [0, 0.05) is 26.2 Å². The molecule has 3 N–H and O–H groups in total. The zero-order valence-electron chi connectivity index (χ0n) is 21.9. The van der Waals surface area contributed by atoms with E-state index >= 15 is 0 Å². The molecule has 3 rings (SSSR count). The lowest BCUT2D eigenvalue weighted by molar-refractivity contribution is -0.138. The lowest BCUT2D eigenvalue weighted by Gasteiger charge is -2.39. The Bertz CT molecular complexity index is 1320. The molecule has 218 valence electrons. The molecule has 1 saturated heterocycles. The summed E-state index contributed by atoms with van der Waals surface area (Å²) in [5.41, 5.74) is 0.840. The predicted molar refractivity (Wildman–Crippen MR) is 139 cm³/mol. The van der Waals surface area contributed by atoms with Crippen LogP contribution in [0.2, 0.25) is 0 Å². The molecule has 0 aliphatic carbocycles. The zero-order chi connectivity index (χ0) is 29.7. The molecule has 1 fully saturated rings. The lowest BCUT2D eigenvalue weighted by atomic mass is 10.0. The van der Waals surface area contributed by atoms with Gasteiger partial charge >= 0.3 is 12.1 Å². The average molecular weight is 585 g/mol. The number of amides is 2. The first kappa shape index (κ1) is 31.0. The summed E-state index contributed by atoms with van der Waals surface area (Å²) >= 11 is 0. The Hall–Kier alpha value is -3.49. The van der Waals surface area contributed by atoms with Gasteiger partial charge in [0.25, 0.3) is 0 Å². The van der Waals surface area contributed by atoms with Gasteiger partial charge in [-0.2, -0.15) is 17.5 Å². The van der Waals surface area contributed by atoms with Crippen molar-refractivity contribution in [1.29, 1.82) is 0 Å². The van der Waals surface area contributed by atoms with Crippen molar-refractivity contribution in [1.82, 2.24) is 19.8 Å². The maximum Gasteiger partial charge on any atom is 0.416 e. The van der Waals surface area contributed by atoms with Gasteiger partial charge in [-0.05, 0) is 41.3 Å². The molecule has 10 nitrogen and oxygen atoms in total. The van der Waals surface area contributed by atoms with Crippen molar-refractivity contribution in [2.75, 3.05) is 32.7 Å². The number of benzene rings is 2. The van der Waals surface area contributed by atoms with E-state index in [1.54, 1.807) is 0 Å². The van der Waals surface area contributed by atoms with Crippen LogP contribution in [0.1, 0.15) is 36.5 Å². The van der Waals surface area contributed by atoms with Gasteiger partial charge in [0.1, 0.15) is 6.04 Å². The number of carbonyl (C=O) groups excluding carboxylic acids is 2. The maximum atomic E-state index is 13.4. The van der Waals surface area contributed by atoms with Crippen LogP contribution in [-0.2, 0) is 37.1 Å². The van der Waals surface area contributed by atoms with E-state index in [9.17, 15) is 36.0 Å². The smallest absolute Gasteiger partial charge is 0.416 e. The van der Waals surface area contributed by atoms with Crippen LogP contribution >= 0.6 is 0 Å². The first-order valence-corrected chi connectivity index (χ1v) is 13.9. The van der Waals surface area contributed by atoms with E-state index in [2.05, 4.69) is 10.6 Å². The largest absolute Gasteiger partial charge is 0.480 e. The van der Waals surface area contributed by atoms with E-state index in [1.165, 1.54) is 4.90 Å². The third-order valence-corrected chi connectivity index (χ3v) is 8.36. The van der Waals surface area contributed by atoms with E-state index in [1.807, 2.05) is 38.1 Å². The van der Waals surface area contributed by atoms with E-state index in [4.69, 9.17) is 5.11 Å². The molecule has 0 saturated carbocycles. The Morgan fingerprint density at radius 1 is 1.00 bits per heavy atom. The highest BCUT2D eigenvalue weighted by Gasteiger charge is 2.41. The van der Waals surface area contributed by atoms with Crippen molar-refractivity contribution in [3.05, 3.63) is 65.2 Å². The van der Waals surface area contributed by atoms with Gasteiger partial charge in [-0.3, -0.25) is 19.7 Å². The van der Waals surface area contributed by atoms with Crippen LogP contribution in [0.15, 0.2) is 53.4 Å². The van der Waals surface area contributed by atoms with E-state index < -0.39 is 57.0 Å². The zero-order valence-corrected chi connectivity index (χ0v) is 22.8. The van der Waals surface area contributed by atoms with Crippen LogP contribution in [-0.4, -0.2) is 79.3 Å². The first-order valence-electron chi connectivity index (χ1n) is 12.5. The number of sulfonamides is 1. The Morgan fingerprint density at radius 2 is 1.62 bits per heavy atom. The summed E-state index contributed by atoms with van der Waals surface area (Å²) in [7, 11) is -4.42. The van der Waals surface area contributed by atoms with Crippen molar-refractivity contribution >= 4 is 27.8 Å². The van der Waals surface area contributed by atoms with Gasteiger partial charge in [-0.15, -0.1) is 0 Å². The SMILES string of the molecule is CC(C)c1ccc(CNC(=O)[C@H]2CN(C(=O)CNCC(=O)O)CCN2S(=O)(=O)c2ccc(C(F)(F)F)cc2)cc1. The van der Waals surface area contributed by atoms with Crippen molar-refractivity contribution in [3.63, 3.8) is 0 Å². The summed E-state index contributed by atoms with van der Waals surface area (Å²) in [5, 5.41) is 13.9. The van der Waals surface area contributed by atoms with Gasteiger partial charge in [-0.1, -0.05) is 38.1 Å². The van der Waals surface area contributed by atoms with Gasteiger partial charge < -0.3 is 15.3 Å². The number of nitrogens with zero attached hydrogens (tertiary/aromatic N) is 2. The summed E-state index contributed by atoms with van der Waals surface area (Å²) in [6.45, 7) is 2.62. The Balaban J connectivity index is 1.82. The maximum absolute atomic E-state index is 13.4. The Labute approximate surface area is 230 Å². The van der Waals surface area contributed by atoms with Gasteiger partial charge in [0.05, 0.1) is 23.5 Å². The highest BCUT2D eigenvalue weighted by molar-refractivity contribution is 7.89. The monoisotopic (exact) mass is 584 g/mol. The minimum Gasteiger partial charge on any atom is -0.480 e. The fourth-order valence-electron chi connectivity index (χ4n) is 4.16. The summed E-state index contributed by atoms with van der Waals surface area (Å²) < 4.78 is 66.7. The molecule has 0 unspecified atom stereocenters. The molecule has 14 heteroatoms. The Kier molecular flexibility index (Phi) is 9.92. The highest BCUT2D eigenvalue weighted by atomic mass is 32.2. The number of nitrogens with one attached hydrogen (secondary N) is 2. The van der Waals surface area contributed by atoms with Crippen molar-refractivity contribution in [3.8, 4) is 0 Å². The van der Waals surface area contributed by atoms with E-state index in [0.29, 0.717) is 18.1 Å². The summed E-state index contributed by atoms with van der Waals surface area (Å²) in [5.74, 6) is -2.09. The molecular weight excluding hydrogens is 553 g/mol. The van der Waals surface area contributed by atoms with Crippen LogP contribution in [0.5, 0.6) is 0 Å². The molecule has 0 radical (unpaired) electrons. The Morgan fingerprint density at radius 3 is 2.17 bits per heavy atom. The second-order valence-corrected chi connectivity index (χ2v) is 11.5. The molecule has 1 aliphatic heterocycles. The van der Waals surface area contributed by atoms with Crippen LogP contribution in [0.3, 0.4) is 0 Å². The summed E-state index contributed by atoms with van der Waals surface area (Å²) in [6.07, 6.45) is -4.65. The molecule has 1 heterocycles. The highest BCUT2D eigenvalue weighted by Crippen LogP contribution is 2.31. The van der Waals surface area contributed by atoms with Crippen molar-refractivity contribution in [2.45, 2.75) is 43.4 Å². The summed E-state index contributed by atoms with van der Waals surface area (Å²) in [4.78, 5) is 37.5. The standard InChI is InChI=1S/C26H31F3N4O6S/c1-17(2)19-5-3-18(4-6-19)13-31-25(37)22-16-32(23(34)14-30-15-24(35)36)11-12-33(22)40(38,39)21-9-7-20(8-10-21)26(27,28)29/h3-10,17,22,30H,11-16H2,1-2H3,(H,31,37)(H,35,36)/t22-/m1/s1. The second-order valence-electron chi connectivity index (χ2n) is 9.60.